The van der Waals surface area contributed by atoms with E-state index in [0.717, 1.165) is 6.07 Å². The molecular weight excluding hydrogens is 269 g/mol. The van der Waals surface area contributed by atoms with Gasteiger partial charge in [-0.3, -0.25) is 0 Å². The van der Waals surface area contributed by atoms with Gasteiger partial charge in [-0.05, 0) is 28.1 Å². The molecule has 1 N–H and O–H groups in total. The van der Waals surface area contributed by atoms with E-state index in [1.807, 2.05) is 0 Å². The summed E-state index contributed by atoms with van der Waals surface area (Å²) in [6, 6.07) is 3.96. The van der Waals surface area contributed by atoms with Crippen LogP contribution in [0.3, 0.4) is 0 Å². The minimum Gasteiger partial charge on any atom is -0.479 e. The van der Waals surface area contributed by atoms with Gasteiger partial charge in [-0.15, -0.1) is 0 Å². The normalized spacial score (nSPS) is 9.40. The first-order chi connectivity index (χ1) is 7.04. The van der Waals surface area contributed by atoms with Crippen LogP contribution in [0.4, 0.5) is 4.39 Å². The van der Waals surface area contributed by atoms with Crippen molar-refractivity contribution in [3.63, 3.8) is 0 Å². The zero-order valence-corrected chi connectivity index (χ0v) is 8.91. The molecule has 4 nitrogen and oxygen atoms in total. The van der Waals surface area contributed by atoms with E-state index in [2.05, 4.69) is 20.7 Å². The molecule has 1 aromatic rings. The second kappa shape index (κ2) is 4.75. The van der Waals surface area contributed by atoms with Gasteiger partial charge in [0.25, 0.3) is 0 Å². The average molecular weight is 274 g/mol. The molecule has 0 saturated heterocycles. The van der Waals surface area contributed by atoms with Crippen molar-refractivity contribution in [2.24, 2.45) is 0 Å². The van der Waals surface area contributed by atoms with E-state index in [1.54, 1.807) is 6.07 Å². The molecule has 0 spiro atoms. The van der Waals surface area contributed by atoms with Crippen molar-refractivity contribution < 1.29 is 19.0 Å². The Hall–Kier alpha value is -1.61. The summed E-state index contributed by atoms with van der Waals surface area (Å²) in [5.41, 5.74) is 0.121. The summed E-state index contributed by atoms with van der Waals surface area (Å²) in [6.45, 7) is -0.630. The van der Waals surface area contributed by atoms with Crippen LogP contribution in [0.1, 0.15) is 5.56 Å². The van der Waals surface area contributed by atoms with Gasteiger partial charge in [0.1, 0.15) is 6.07 Å². The fourth-order valence-corrected chi connectivity index (χ4v) is 1.28. The maximum atomic E-state index is 13.2. The van der Waals surface area contributed by atoms with Gasteiger partial charge in [-0.1, -0.05) is 0 Å². The molecule has 0 unspecified atom stereocenters. The number of nitrogens with zero attached hydrogens (tertiary/aromatic N) is 1. The molecule has 0 aliphatic carbocycles. The summed E-state index contributed by atoms with van der Waals surface area (Å²) < 4.78 is 18.2. The largest absolute Gasteiger partial charge is 0.479 e. The van der Waals surface area contributed by atoms with E-state index in [0.29, 0.717) is 4.47 Å². The summed E-state index contributed by atoms with van der Waals surface area (Å²) in [6.07, 6.45) is 0. The highest BCUT2D eigenvalue weighted by Gasteiger charge is 2.10. The maximum Gasteiger partial charge on any atom is 0.341 e. The quantitative estimate of drug-likeness (QED) is 0.914. The molecule has 6 heteroatoms. The van der Waals surface area contributed by atoms with E-state index in [4.69, 9.17) is 10.4 Å². The maximum absolute atomic E-state index is 13.2. The molecule has 0 heterocycles. The number of carboxylic acid groups (broad SMARTS) is 1. The third kappa shape index (κ3) is 2.92. The second-order valence-electron chi connectivity index (χ2n) is 2.56. The van der Waals surface area contributed by atoms with E-state index in [-0.39, 0.29) is 11.3 Å². The van der Waals surface area contributed by atoms with E-state index in [9.17, 15) is 9.18 Å². The molecule has 0 aromatic heterocycles. The summed E-state index contributed by atoms with van der Waals surface area (Å²) in [5, 5.41) is 16.9. The lowest BCUT2D eigenvalue weighted by Crippen LogP contribution is -2.10. The lowest BCUT2D eigenvalue weighted by molar-refractivity contribution is -0.139. The fourth-order valence-electron chi connectivity index (χ4n) is 0.864. The number of ether oxygens (including phenoxy) is 1. The van der Waals surface area contributed by atoms with Crippen molar-refractivity contribution >= 4 is 21.9 Å². The molecule has 15 heavy (non-hydrogen) atoms. The third-order valence-electron chi connectivity index (χ3n) is 1.49. The Bertz CT molecular complexity index is 442. The highest BCUT2D eigenvalue weighted by atomic mass is 79.9. The minimum atomic E-state index is -1.20. The molecule has 0 fully saturated rings. The minimum absolute atomic E-state index is 0.121. The van der Waals surface area contributed by atoms with Crippen molar-refractivity contribution in [2.45, 2.75) is 0 Å². The molecule has 1 aromatic carbocycles. The van der Waals surface area contributed by atoms with E-state index < -0.39 is 18.4 Å². The number of nitriles is 1. The summed E-state index contributed by atoms with van der Waals surface area (Å²) >= 11 is 3.03. The molecule has 78 valence electrons. The monoisotopic (exact) mass is 273 g/mol. The summed E-state index contributed by atoms with van der Waals surface area (Å²) in [4.78, 5) is 10.2. The first kappa shape index (κ1) is 11.5. The number of hydrogen-bond donors (Lipinski definition) is 1. The Morgan fingerprint density at radius 1 is 1.67 bits per heavy atom. The van der Waals surface area contributed by atoms with Gasteiger partial charge in [0.15, 0.2) is 18.2 Å². The molecule has 0 amide bonds. The molecule has 0 aliphatic heterocycles. The van der Waals surface area contributed by atoms with Crippen LogP contribution in [0, 0.1) is 17.1 Å². The summed E-state index contributed by atoms with van der Waals surface area (Å²) in [7, 11) is 0. The number of aliphatic carboxylic acids is 1. The Morgan fingerprint density at radius 2 is 2.33 bits per heavy atom. The molecule has 0 saturated carbocycles. The zero-order valence-electron chi connectivity index (χ0n) is 7.33. The smallest absolute Gasteiger partial charge is 0.341 e. The van der Waals surface area contributed by atoms with Crippen LogP contribution in [0.2, 0.25) is 0 Å². The molecule has 0 bridgehead atoms. The van der Waals surface area contributed by atoms with Gasteiger partial charge in [0.05, 0.1) is 5.56 Å². The van der Waals surface area contributed by atoms with Gasteiger partial charge in [0, 0.05) is 4.47 Å². The Kier molecular flexibility index (Phi) is 3.63. The number of benzene rings is 1. The third-order valence-corrected chi connectivity index (χ3v) is 2.15. The predicted molar refractivity (Wildman–Crippen MR) is 51.9 cm³/mol. The second-order valence-corrected chi connectivity index (χ2v) is 3.41. The average Bonchev–Trinajstić information content (AvgIpc) is 2.18. The Balaban J connectivity index is 2.96. The van der Waals surface area contributed by atoms with Gasteiger partial charge >= 0.3 is 5.97 Å². The van der Waals surface area contributed by atoms with Crippen molar-refractivity contribution in [3.05, 3.63) is 28.0 Å². The molecule has 0 radical (unpaired) electrons. The van der Waals surface area contributed by atoms with Crippen LogP contribution in [-0.4, -0.2) is 17.7 Å². The topological polar surface area (TPSA) is 70.3 Å². The van der Waals surface area contributed by atoms with Crippen molar-refractivity contribution in [1.82, 2.24) is 0 Å². The fraction of sp³-hybridized carbons (Fsp3) is 0.111. The standard InChI is InChI=1S/C9H5BrFNO3/c10-6-2-8(15-4-9(13)14)7(11)1-5(6)3-12/h1-2H,4H2,(H,13,14). The molecule has 0 atom stereocenters. The molecular formula is C9H5BrFNO3. The van der Waals surface area contributed by atoms with Crippen LogP contribution in [0.5, 0.6) is 5.75 Å². The van der Waals surface area contributed by atoms with Crippen molar-refractivity contribution in [3.8, 4) is 11.8 Å². The van der Waals surface area contributed by atoms with Gasteiger partial charge in [0.2, 0.25) is 0 Å². The predicted octanol–water partition coefficient (Wildman–Crippen LogP) is 1.92. The van der Waals surface area contributed by atoms with Crippen LogP contribution in [0.25, 0.3) is 0 Å². The molecule has 0 aliphatic rings. The lowest BCUT2D eigenvalue weighted by atomic mass is 10.2. The van der Waals surface area contributed by atoms with Crippen molar-refractivity contribution in [2.75, 3.05) is 6.61 Å². The Morgan fingerprint density at radius 3 is 2.87 bits per heavy atom. The SMILES string of the molecule is N#Cc1cc(F)c(OCC(=O)O)cc1Br. The van der Waals surface area contributed by atoms with E-state index >= 15 is 0 Å². The number of rotatable bonds is 3. The van der Waals surface area contributed by atoms with Gasteiger partial charge in [-0.2, -0.15) is 5.26 Å². The number of carboxylic acids is 1. The molecule has 1 rings (SSSR count). The van der Waals surface area contributed by atoms with Crippen molar-refractivity contribution in [1.29, 1.82) is 5.26 Å². The van der Waals surface area contributed by atoms with E-state index in [1.165, 1.54) is 6.07 Å². The first-order valence-electron chi connectivity index (χ1n) is 3.78. The number of carbonyl (C=O) groups is 1. The highest BCUT2D eigenvalue weighted by molar-refractivity contribution is 9.10. The van der Waals surface area contributed by atoms with Crippen LogP contribution in [-0.2, 0) is 4.79 Å². The first-order valence-corrected chi connectivity index (χ1v) is 4.57. The van der Waals surface area contributed by atoms with Crippen LogP contribution in [0.15, 0.2) is 16.6 Å². The van der Waals surface area contributed by atoms with Crippen LogP contribution < -0.4 is 4.74 Å². The summed E-state index contributed by atoms with van der Waals surface area (Å²) in [5.74, 6) is -2.17. The number of halogens is 2. The Labute approximate surface area is 93.0 Å². The highest BCUT2D eigenvalue weighted by Crippen LogP contribution is 2.25. The lowest BCUT2D eigenvalue weighted by Gasteiger charge is -2.05. The van der Waals surface area contributed by atoms with Crippen LogP contribution >= 0.6 is 15.9 Å². The zero-order chi connectivity index (χ0) is 11.4. The number of hydrogen-bond acceptors (Lipinski definition) is 3. The van der Waals surface area contributed by atoms with Gasteiger partial charge in [-0.25, -0.2) is 9.18 Å². The van der Waals surface area contributed by atoms with Gasteiger partial charge < -0.3 is 9.84 Å².